The summed E-state index contributed by atoms with van der Waals surface area (Å²) in [5.41, 5.74) is 19.8. The van der Waals surface area contributed by atoms with E-state index < -0.39 is 0 Å². The van der Waals surface area contributed by atoms with Gasteiger partial charge < -0.3 is 35.8 Å². The molecule has 2 heterocycles. The number of carbonyl (C=O) groups excluding carboxylic acids is 2. The molecule has 13 heteroatoms. The Morgan fingerprint density at radius 2 is 1.40 bits per heavy atom. The molecule has 0 aliphatic heterocycles. The summed E-state index contributed by atoms with van der Waals surface area (Å²) in [6, 6.07) is 11.2. The summed E-state index contributed by atoms with van der Waals surface area (Å²) in [5.74, 6) is -0.237. The van der Waals surface area contributed by atoms with Crippen molar-refractivity contribution >= 4 is 45.0 Å². The SMILES string of the molecule is C.COCC(=O)NCCc1c[nH]c2ccc(N)cc12.COCC(=O)NCCc1c[nH]c2ccc(N=[N+]=[N-])cc12.[Y]. The average Bonchev–Trinajstić information content (AvgIpc) is 3.48. The number of nitrogens with zero attached hydrogens (tertiary/aromatic N) is 3. The predicted octanol–water partition coefficient (Wildman–Crippen LogP) is 4.10. The number of H-pyrrole nitrogens is 2. The largest absolute Gasteiger partial charge is 0.399 e. The van der Waals surface area contributed by atoms with Crippen molar-refractivity contribution < 1.29 is 51.8 Å². The van der Waals surface area contributed by atoms with Crippen LogP contribution in [0.4, 0.5) is 11.4 Å². The Morgan fingerprint density at radius 1 is 0.900 bits per heavy atom. The van der Waals surface area contributed by atoms with Gasteiger partial charge in [0.1, 0.15) is 13.2 Å². The number of nitrogens with two attached hydrogens (primary N) is 1. The molecule has 4 rings (SSSR count). The van der Waals surface area contributed by atoms with Crippen molar-refractivity contribution in [3.63, 3.8) is 0 Å². The summed E-state index contributed by atoms with van der Waals surface area (Å²) in [7, 11) is 2.98. The van der Waals surface area contributed by atoms with Gasteiger partial charge in [0, 0.05) is 111 Å². The molecule has 2 aromatic heterocycles. The number of ether oxygens (including phenoxy) is 2. The summed E-state index contributed by atoms with van der Waals surface area (Å²) < 4.78 is 9.48. The number of hydrogen-bond acceptors (Lipinski definition) is 6. The molecule has 0 saturated heterocycles. The molecule has 0 fully saturated rings. The monoisotopic (exact) mass is 625 g/mol. The number of aromatic amines is 2. The number of carbonyl (C=O) groups is 2. The molecular formula is C27H36N8O4Y. The summed E-state index contributed by atoms with van der Waals surface area (Å²) in [6.45, 7) is 1.28. The summed E-state index contributed by atoms with van der Waals surface area (Å²) in [5, 5.41) is 11.3. The van der Waals surface area contributed by atoms with E-state index in [4.69, 9.17) is 20.7 Å². The first-order valence-electron chi connectivity index (χ1n) is 12.0. The average molecular weight is 626 g/mol. The number of nitrogen functional groups attached to an aromatic ring is 1. The van der Waals surface area contributed by atoms with E-state index in [1.807, 2.05) is 42.7 Å². The van der Waals surface area contributed by atoms with Crippen molar-refractivity contribution in [2.45, 2.75) is 20.3 Å². The van der Waals surface area contributed by atoms with Gasteiger partial charge in [0.2, 0.25) is 11.8 Å². The van der Waals surface area contributed by atoms with Crippen LogP contribution in [0.25, 0.3) is 32.2 Å². The molecule has 2 amide bonds. The number of amides is 2. The Balaban J connectivity index is 0.000000383. The van der Waals surface area contributed by atoms with Gasteiger partial charge in [-0.3, -0.25) is 9.59 Å². The van der Waals surface area contributed by atoms with Gasteiger partial charge >= 0.3 is 0 Å². The van der Waals surface area contributed by atoms with Crippen LogP contribution in [0.15, 0.2) is 53.9 Å². The summed E-state index contributed by atoms with van der Waals surface area (Å²) in [6.07, 6.45) is 5.30. The minimum absolute atomic E-state index is 0. The first-order valence-corrected chi connectivity index (χ1v) is 12.0. The minimum atomic E-state index is -0.137. The van der Waals surface area contributed by atoms with Gasteiger partial charge in [0.15, 0.2) is 0 Å². The zero-order valence-electron chi connectivity index (χ0n) is 22.0. The first kappa shape index (κ1) is 34.6. The molecule has 40 heavy (non-hydrogen) atoms. The zero-order chi connectivity index (χ0) is 27.3. The third-order valence-corrected chi connectivity index (χ3v) is 5.69. The van der Waals surface area contributed by atoms with Gasteiger partial charge in [-0.05, 0) is 59.8 Å². The van der Waals surface area contributed by atoms with Crippen LogP contribution in [0.3, 0.4) is 0 Å². The molecule has 0 saturated carbocycles. The van der Waals surface area contributed by atoms with Gasteiger partial charge in [0.05, 0.1) is 0 Å². The molecule has 0 unspecified atom stereocenters. The molecule has 1 radical (unpaired) electrons. The van der Waals surface area contributed by atoms with E-state index in [1.54, 1.807) is 6.07 Å². The molecule has 6 N–H and O–H groups in total. The number of rotatable bonds is 11. The topological polar surface area (TPSA) is 183 Å². The molecule has 0 spiro atoms. The molecule has 0 atom stereocenters. The maximum Gasteiger partial charge on any atom is 0.245 e. The first-order chi connectivity index (χ1) is 18.4. The van der Waals surface area contributed by atoms with Crippen LogP contribution >= 0.6 is 0 Å². The van der Waals surface area contributed by atoms with Crippen molar-refractivity contribution in [1.29, 1.82) is 0 Å². The minimum Gasteiger partial charge on any atom is -0.399 e. The summed E-state index contributed by atoms with van der Waals surface area (Å²) >= 11 is 0. The standard InChI is InChI=1S/C13H15N5O2.C13H17N3O2.CH4.Y/c1-20-8-13(19)15-5-4-9-7-16-12-3-2-10(17-18-14)6-11(9)12;1-18-8-13(17)15-5-4-9-7-16-12-3-2-10(14)6-11(9)12;;/h2-3,6-7,16H,4-5,8H2,1H3,(H,15,19);2-3,6-7,16H,4-5,8,14H2,1H3,(H,15,17);1H4;. The molecular weight excluding hydrogens is 589 g/mol. The normalized spacial score (nSPS) is 9.95. The Hall–Kier alpha value is -3.41. The predicted molar refractivity (Wildman–Crippen MR) is 154 cm³/mol. The molecule has 4 aromatic rings. The van der Waals surface area contributed by atoms with Crippen molar-refractivity contribution in [3.8, 4) is 0 Å². The van der Waals surface area contributed by atoms with Gasteiger partial charge in [-0.15, -0.1) is 0 Å². The fraction of sp³-hybridized carbons (Fsp3) is 0.333. The van der Waals surface area contributed by atoms with Gasteiger partial charge in [0.25, 0.3) is 0 Å². The number of fused-ring (bicyclic) bond motifs is 2. The second-order valence-electron chi connectivity index (χ2n) is 8.42. The molecule has 2 aromatic carbocycles. The molecule has 211 valence electrons. The van der Waals surface area contributed by atoms with Crippen LogP contribution in [0.5, 0.6) is 0 Å². The number of methoxy groups -OCH3 is 2. The second-order valence-corrected chi connectivity index (χ2v) is 8.42. The van der Waals surface area contributed by atoms with Crippen LogP contribution < -0.4 is 16.4 Å². The van der Waals surface area contributed by atoms with Crippen LogP contribution in [-0.2, 0) is 64.6 Å². The van der Waals surface area contributed by atoms with Crippen LogP contribution in [0.1, 0.15) is 18.6 Å². The Morgan fingerprint density at radius 3 is 1.90 bits per heavy atom. The maximum atomic E-state index is 11.3. The van der Waals surface area contributed by atoms with Crippen LogP contribution in [0.2, 0.25) is 0 Å². The summed E-state index contributed by atoms with van der Waals surface area (Å²) in [4.78, 5) is 31.6. The molecule has 0 aliphatic rings. The van der Waals surface area contributed by atoms with Crippen molar-refractivity contribution in [2.75, 3.05) is 46.3 Å². The maximum absolute atomic E-state index is 11.3. The van der Waals surface area contributed by atoms with Crippen molar-refractivity contribution in [2.24, 2.45) is 5.11 Å². The number of hydrogen-bond donors (Lipinski definition) is 5. The van der Waals surface area contributed by atoms with E-state index >= 15 is 0 Å². The Labute approximate surface area is 258 Å². The third-order valence-electron chi connectivity index (χ3n) is 5.69. The van der Waals surface area contributed by atoms with E-state index in [2.05, 4.69) is 30.6 Å². The number of azide groups is 1. The Kier molecular flexibility index (Phi) is 15.6. The smallest absolute Gasteiger partial charge is 0.245 e. The van der Waals surface area contributed by atoms with E-state index in [1.165, 1.54) is 14.2 Å². The second kappa shape index (κ2) is 18.0. The molecule has 0 bridgehead atoms. The quantitative estimate of drug-likeness (QED) is 0.0726. The van der Waals surface area contributed by atoms with Crippen LogP contribution in [-0.4, -0.2) is 62.3 Å². The van der Waals surface area contributed by atoms with Gasteiger partial charge in [-0.1, -0.05) is 18.6 Å². The van der Waals surface area contributed by atoms with Gasteiger partial charge in [-0.2, -0.15) is 0 Å². The van der Waals surface area contributed by atoms with E-state index in [0.717, 1.165) is 45.0 Å². The van der Waals surface area contributed by atoms with Gasteiger partial charge in [-0.25, -0.2) is 0 Å². The fourth-order valence-electron chi connectivity index (χ4n) is 3.93. The molecule has 12 nitrogen and oxygen atoms in total. The van der Waals surface area contributed by atoms with Crippen molar-refractivity contribution in [1.82, 2.24) is 20.6 Å². The molecule has 0 aliphatic carbocycles. The van der Waals surface area contributed by atoms with Crippen molar-refractivity contribution in [3.05, 3.63) is 70.4 Å². The third kappa shape index (κ3) is 10.3. The zero-order valence-corrected chi connectivity index (χ0v) is 24.8. The van der Waals surface area contributed by atoms with E-state index in [-0.39, 0.29) is 65.2 Å². The van der Waals surface area contributed by atoms with Crippen LogP contribution in [0, 0.1) is 0 Å². The number of benzene rings is 2. The Bertz CT molecular complexity index is 1430. The van der Waals surface area contributed by atoms with E-state index in [0.29, 0.717) is 25.2 Å². The number of nitrogens with one attached hydrogen (secondary N) is 4. The van der Waals surface area contributed by atoms with E-state index in [9.17, 15) is 9.59 Å². The number of aromatic nitrogens is 2. The fourth-order valence-corrected chi connectivity index (χ4v) is 3.93. The number of anilines is 1.